The molecule has 2 rings (SSSR count). The van der Waals surface area contributed by atoms with Crippen molar-refractivity contribution >= 4 is 21.8 Å². The van der Waals surface area contributed by atoms with E-state index in [4.69, 9.17) is 15.9 Å². The normalized spacial score (nSPS) is 10.3. The van der Waals surface area contributed by atoms with Gasteiger partial charge in [0.1, 0.15) is 5.84 Å². The monoisotopic (exact) mass is 323 g/mol. The molecule has 1 heterocycles. The third kappa shape index (κ3) is 3.29. The molecule has 1 aromatic carbocycles. The Morgan fingerprint density at radius 2 is 2.11 bits per heavy atom. The maximum absolute atomic E-state index is 13.6. The second-order valence-electron chi connectivity index (χ2n) is 3.93. The highest BCUT2D eigenvalue weighted by Crippen LogP contribution is 2.26. The van der Waals surface area contributed by atoms with Crippen LogP contribution in [0.1, 0.15) is 11.3 Å². The van der Waals surface area contributed by atoms with E-state index in [1.54, 1.807) is 19.1 Å². The molecule has 4 nitrogen and oxygen atoms in total. The first-order chi connectivity index (χ1) is 8.95. The molecule has 98 valence electrons. The third-order valence-corrected chi connectivity index (χ3v) is 2.84. The summed E-state index contributed by atoms with van der Waals surface area (Å²) in [5.74, 6) is -0.323. The van der Waals surface area contributed by atoms with E-state index in [0.29, 0.717) is 15.7 Å². The molecule has 1 aromatic heterocycles. The number of benzene rings is 1. The minimum absolute atomic E-state index is 0.0656. The van der Waals surface area contributed by atoms with Crippen LogP contribution in [0.2, 0.25) is 0 Å². The van der Waals surface area contributed by atoms with E-state index in [9.17, 15) is 4.39 Å². The van der Waals surface area contributed by atoms with Crippen molar-refractivity contribution in [2.45, 2.75) is 6.92 Å². The van der Waals surface area contributed by atoms with E-state index < -0.39 is 5.82 Å². The number of hydrogen-bond acceptors (Lipinski definition) is 3. The maximum Gasteiger partial charge on any atom is 0.220 e. The molecule has 6 heteroatoms. The fourth-order valence-electron chi connectivity index (χ4n) is 1.52. The van der Waals surface area contributed by atoms with Gasteiger partial charge in [0.15, 0.2) is 11.6 Å². The van der Waals surface area contributed by atoms with Crippen molar-refractivity contribution in [3.05, 3.63) is 51.9 Å². The molecule has 0 aliphatic rings. The molecule has 0 aliphatic heterocycles. The molecular weight excluding hydrogens is 313 g/mol. The average Bonchev–Trinajstić information content (AvgIpc) is 2.32. The van der Waals surface area contributed by atoms with Crippen molar-refractivity contribution in [3.8, 4) is 11.6 Å². The number of rotatable bonds is 3. The molecule has 0 atom stereocenters. The summed E-state index contributed by atoms with van der Waals surface area (Å²) in [4.78, 5) is 4.12. The molecule has 3 N–H and O–H groups in total. The summed E-state index contributed by atoms with van der Waals surface area (Å²) >= 11 is 3.17. The van der Waals surface area contributed by atoms with Gasteiger partial charge in [-0.2, -0.15) is 0 Å². The van der Waals surface area contributed by atoms with Gasteiger partial charge in [0.05, 0.1) is 0 Å². The maximum atomic E-state index is 13.6. The predicted molar refractivity (Wildman–Crippen MR) is 74.2 cm³/mol. The fourth-order valence-corrected chi connectivity index (χ4v) is 1.85. The summed E-state index contributed by atoms with van der Waals surface area (Å²) in [6.45, 7) is 1.75. The molecule has 0 saturated heterocycles. The number of nitrogens with one attached hydrogen (secondary N) is 1. The zero-order valence-corrected chi connectivity index (χ0v) is 11.7. The number of ether oxygens (including phenoxy) is 1. The number of aromatic nitrogens is 1. The van der Waals surface area contributed by atoms with Crippen LogP contribution < -0.4 is 10.5 Å². The van der Waals surface area contributed by atoms with Crippen LogP contribution in [0.5, 0.6) is 11.6 Å². The first kappa shape index (κ1) is 13.5. The summed E-state index contributed by atoms with van der Waals surface area (Å²) in [5, 5.41) is 7.39. The number of aryl methyl sites for hydroxylation is 1. The summed E-state index contributed by atoms with van der Waals surface area (Å²) in [6, 6.07) is 7.62. The second kappa shape index (κ2) is 5.36. The molecule has 0 spiro atoms. The van der Waals surface area contributed by atoms with Crippen molar-refractivity contribution in [3.63, 3.8) is 0 Å². The van der Waals surface area contributed by atoms with Gasteiger partial charge in [0.2, 0.25) is 5.88 Å². The van der Waals surface area contributed by atoms with E-state index in [0.717, 1.165) is 0 Å². The Balaban J connectivity index is 2.35. The van der Waals surface area contributed by atoms with Crippen LogP contribution in [-0.4, -0.2) is 10.8 Å². The zero-order chi connectivity index (χ0) is 14.0. The predicted octanol–water partition coefficient (Wildman–Crippen LogP) is 3.37. The van der Waals surface area contributed by atoms with Crippen LogP contribution in [0.25, 0.3) is 0 Å². The van der Waals surface area contributed by atoms with Gasteiger partial charge in [-0.3, -0.25) is 5.41 Å². The summed E-state index contributed by atoms with van der Waals surface area (Å²) in [5.41, 5.74) is 6.54. The van der Waals surface area contributed by atoms with Crippen molar-refractivity contribution in [1.29, 1.82) is 5.41 Å². The topological polar surface area (TPSA) is 72.0 Å². The van der Waals surface area contributed by atoms with Gasteiger partial charge in [-0.15, -0.1) is 0 Å². The largest absolute Gasteiger partial charge is 0.436 e. The minimum Gasteiger partial charge on any atom is -0.436 e. The van der Waals surface area contributed by atoms with E-state index in [2.05, 4.69) is 20.9 Å². The van der Waals surface area contributed by atoms with Gasteiger partial charge in [-0.1, -0.05) is 15.9 Å². The lowest BCUT2D eigenvalue weighted by molar-refractivity contribution is 0.426. The number of nitrogens with zero attached hydrogens (tertiary/aromatic N) is 1. The highest BCUT2D eigenvalue weighted by atomic mass is 79.9. The Morgan fingerprint density at radius 1 is 1.37 bits per heavy atom. The van der Waals surface area contributed by atoms with Crippen molar-refractivity contribution in [2.24, 2.45) is 5.73 Å². The first-order valence-corrected chi connectivity index (χ1v) is 6.21. The SMILES string of the molecule is Cc1cc(C(=N)N)cc(Oc2ccc(Br)cc2F)n1. The summed E-state index contributed by atoms with van der Waals surface area (Å²) < 4.78 is 19.6. The van der Waals surface area contributed by atoms with E-state index >= 15 is 0 Å². The summed E-state index contributed by atoms with van der Waals surface area (Å²) in [7, 11) is 0. The molecule has 0 saturated carbocycles. The zero-order valence-electron chi connectivity index (χ0n) is 10.1. The van der Waals surface area contributed by atoms with E-state index in [-0.39, 0.29) is 17.5 Å². The molecule has 0 unspecified atom stereocenters. The number of pyridine rings is 1. The molecule has 0 radical (unpaired) electrons. The van der Waals surface area contributed by atoms with Crippen LogP contribution in [0.4, 0.5) is 4.39 Å². The van der Waals surface area contributed by atoms with Gasteiger partial charge in [-0.25, -0.2) is 9.37 Å². The van der Waals surface area contributed by atoms with Gasteiger partial charge in [0.25, 0.3) is 0 Å². The lowest BCUT2D eigenvalue weighted by Crippen LogP contribution is -2.11. The molecule has 0 fully saturated rings. The number of nitrogen functional groups attached to an aromatic ring is 1. The molecule has 2 aromatic rings. The van der Waals surface area contributed by atoms with E-state index in [1.165, 1.54) is 18.2 Å². The highest BCUT2D eigenvalue weighted by Gasteiger charge is 2.08. The second-order valence-corrected chi connectivity index (χ2v) is 4.84. The molecule has 0 aliphatic carbocycles. The quantitative estimate of drug-likeness (QED) is 0.672. The van der Waals surface area contributed by atoms with Crippen LogP contribution >= 0.6 is 15.9 Å². The Bertz CT molecular complexity index is 646. The van der Waals surface area contributed by atoms with Crippen LogP contribution in [0.3, 0.4) is 0 Å². The molecule has 0 bridgehead atoms. The number of halogens is 2. The van der Waals surface area contributed by atoms with Crippen molar-refractivity contribution < 1.29 is 9.13 Å². The van der Waals surface area contributed by atoms with Crippen molar-refractivity contribution in [2.75, 3.05) is 0 Å². The molecule has 0 amide bonds. The van der Waals surface area contributed by atoms with Gasteiger partial charge in [-0.05, 0) is 31.2 Å². The van der Waals surface area contributed by atoms with Crippen molar-refractivity contribution in [1.82, 2.24) is 4.98 Å². The number of nitrogens with two attached hydrogens (primary N) is 1. The molecular formula is C13H11BrFN3O. The smallest absolute Gasteiger partial charge is 0.220 e. The minimum atomic E-state index is -0.498. The van der Waals surface area contributed by atoms with Gasteiger partial charge >= 0.3 is 0 Å². The Hall–Kier alpha value is -1.95. The summed E-state index contributed by atoms with van der Waals surface area (Å²) in [6.07, 6.45) is 0. The number of amidine groups is 1. The average molecular weight is 324 g/mol. The lowest BCUT2D eigenvalue weighted by atomic mass is 10.2. The van der Waals surface area contributed by atoms with Crippen LogP contribution in [-0.2, 0) is 0 Å². The van der Waals surface area contributed by atoms with Gasteiger partial charge < -0.3 is 10.5 Å². The Labute approximate surface area is 118 Å². The van der Waals surface area contributed by atoms with E-state index in [1.807, 2.05) is 0 Å². The Morgan fingerprint density at radius 3 is 2.74 bits per heavy atom. The van der Waals surface area contributed by atoms with Crippen LogP contribution in [0.15, 0.2) is 34.8 Å². The third-order valence-electron chi connectivity index (χ3n) is 2.35. The van der Waals surface area contributed by atoms with Gasteiger partial charge in [0, 0.05) is 21.8 Å². The first-order valence-electron chi connectivity index (χ1n) is 5.41. The van der Waals surface area contributed by atoms with Crippen LogP contribution in [0, 0.1) is 18.2 Å². The standard InChI is InChI=1S/C13H11BrFN3O/c1-7-4-8(13(16)17)5-12(18-7)19-11-3-2-9(14)6-10(11)15/h2-6H,1H3,(H3,16,17). The highest BCUT2D eigenvalue weighted by molar-refractivity contribution is 9.10. The lowest BCUT2D eigenvalue weighted by Gasteiger charge is -2.08. The molecule has 19 heavy (non-hydrogen) atoms. The number of hydrogen-bond donors (Lipinski definition) is 2. The fraction of sp³-hybridized carbons (Fsp3) is 0.0769. The Kier molecular flexibility index (Phi) is 3.80.